The maximum absolute atomic E-state index is 13.0. The van der Waals surface area contributed by atoms with Gasteiger partial charge in [0.2, 0.25) is 0 Å². The molecule has 3 aliphatic carbocycles. The van der Waals surface area contributed by atoms with Crippen LogP contribution >= 0.6 is 22.6 Å². The second kappa shape index (κ2) is 7.11. The minimum Gasteiger partial charge on any atom is -0.488 e. The number of nitrogens with one attached hydrogen (secondary N) is 2. The second-order valence-corrected chi connectivity index (χ2v) is 9.40. The van der Waals surface area contributed by atoms with Gasteiger partial charge in [0.15, 0.2) is 0 Å². The summed E-state index contributed by atoms with van der Waals surface area (Å²) in [5, 5.41) is 6.56. The highest BCUT2D eigenvalue weighted by molar-refractivity contribution is 14.1. The third-order valence-electron chi connectivity index (χ3n) is 6.31. The van der Waals surface area contributed by atoms with Gasteiger partial charge in [-0.05, 0) is 56.6 Å². The van der Waals surface area contributed by atoms with Crippen molar-refractivity contribution in [3.05, 3.63) is 35.4 Å². The molecule has 0 saturated heterocycles. The smallest absolute Gasteiger partial charge is 0.281 e. The van der Waals surface area contributed by atoms with Crippen LogP contribution in [0.2, 0.25) is 0 Å². The van der Waals surface area contributed by atoms with Crippen LogP contribution in [0.4, 0.5) is 4.79 Å². The number of benzene rings is 1. The zero-order valence-corrected chi connectivity index (χ0v) is 17.7. The van der Waals surface area contributed by atoms with Crippen molar-refractivity contribution in [1.29, 1.82) is 0 Å². The lowest BCUT2D eigenvalue weighted by atomic mass is 9.74. The standard InChI is InChI=1S/C21H25IN2O3/c1-14-11-20(6-8-21(12-14,9-7-20)24-19(22)26)23-18(25)16-10-15-4-2-3-5-17(15)27-13-16/h2-5,10,14H,6-9,11-13H2,1H3,(H,23,25)(H,24,26). The van der Waals surface area contributed by atoms with Crippen LogP contribution in [0.3, 0.4) is 0 Å². The van der Waals surface area contributed by atoms with E-state index in [1.54, 1.807) is 0 Å². The van der Waals surface area contributed by atoms with E-state index in [9.17, 15) is 9.59 Å². The zero-order valence-electron chi connectivity index (χ0n) is 15.5. The Morgan fingerprint density at radius 2 is 1.70 bits per heavy atom. The summed E-state index contributed by atoms with van der Waals surface area (Å²) >= 11 is 1.83. The van der Waals surface area contributed by atoms with Crippen LogP contribution in [0, 0.1) is 5.92 Å². The van der Waals surface area contributed by atoms with Crippen LogP contribution < -0.4 is 15.4 Å². The van der Waals surface area contributed by atoms with Gasteiger partial charge in [-0.25, -0.2) is 0 Å². The van der Waals surface area contributed by atoms with E-state index in [2.05, 4.69) is 17.6 Å². The summed E-state index contributed by atoms with van der Waals surface area (Å²) < 4.78 is 5.77. The monoisotopic (exact) mass is 480 g/mol. The number of fused-ring (bicyclic) bond motifs is 5. The third-order valence-corrected chi connectivity index (χ3v) is 6.58. The minimum absolute atomic E-state index is 0.0152. The van der Waals surface area contributed by atoms with Crippen molar-refractivity contribution in [2.24, 2.45) is 5.92 Å². The van der Waals surface area contributed by atoms with Crippen LogP contribution in [0.25, 0.3) is 6.08 Å². The molecule has 2 N–H and O–H groups in total. The van der Waals surface area contributed by atoms with Gasteiger partial charge in [0, 0.05) is 39.2 Å². The number of halogens is 1. The Bertz CT molecular complexity index is 796. The zero-order chi connectivity index (χ0) is 19.1. The van der Waals surface area contributed by atoms with E-state index in [1.807, 2.05) is 52.9 Å². The van der Waals surface area contributed by atoms with Gasteiger partial charge in [0.25, 0.3) is 9.82 Å². The van der Waals surface area contributed by atoms with Crippen molar-refractivity contribution in [3.63, 3.8) is 0 Å². The molecule has 3 fully saturated rings. The maximum Gasteiger partial charge on any atom is 0.281 e. The lowest BCUT2D eigenvalue weighted by molar-refractivity contribution is -0.120. The number of hydrogen-bond donors (Lipinski definition) is 2. The molecule has 1 heterocycles. The molecular weight excluding hydrogens is 455 g/mol. The Morgan fingerprint density at radius 3 is 2.37 bits per heavy atom. The molecule has 3 saturated carbocycles. The first-order valence-electron chi connectivity index (χ1n) is 9.61. The molecule has 0 aromatic heterocycles. The number of rotatable bonds is 3. The summed E-state index contributed by atoms with van der Waals surface area (Å²) in [5.74, 6) is 1.26. The number of hydrogen-bond acceptors (Lipinski definition) is 3. The number of para-hydroxylation sites is 1. The molecule has 0 radical (unpaired) electrons. The van der Waals surface area contributed by atoms with Gasteiger partial charge in [0.05, 0.1) is 5.57 Å². The number of carbonyl (C=O) groups is 2. The second-order valence-electron chi connectivity index (χ2n) is 8.42. The largest absolute Gasteiger partial charge is 0.488 e. The first kappa shape index (κ1) is 18.8. The molecule has 5 rings (SSSR count). The highest BCUT2D eigenvalue weighted by Gasteiger charge is 2.49. The van der Waals surface area contributed by atoms with E-state index >= 15 is 0 Å². The Balaban J connectivity index is 1.51. The average Bonchev–Trinajstić information content (AvgIpc) is 2.84. The highest BCUT2D eigenvalue weighted by atomic mass is 127. The van der Waals surface area contributed by atoms with E-state index in [0.717, 1.165) is 49.8 Å². The van der Waals surface area contributed by atoms with Crippen LogP contribution in [-0.2, 0) is 4.79 Å². The maximum atomic E-state index is 13.0. The Morgan fingerprint density at radius 1 is 1.07 bits per heavy atom. The predicted octanol–water partition coefficient (Wildman–Crippen LogP) is 4.20. The van der Waals surface area contributed by atoms with Crippen LogP contribution in [0.15, 0.2) is 29.8 Å². The van der Waals surface area contributed by atoms with Crippen molar-refractivity contribution < 1.29 is 14.3 Å². The molecule has 2 amide bonds. The molecule has 27 heavy (non-hydrogen) atoms. The predicted molar refractivity (Wildman–Crippen MR) is 113 cm³/mol. The lowest BCUT2D eigenvalue weighted by Crippen LogP contribution is -2.55. The van der Waals surface area contributed by atoms with Crippen molar-refractivity contribution in [3.8, 4) is 5.75 Å². The molecule has 1 aromatic carbocycles. The van der Waals surface area contributed by atoms with Gasteiger partial charge in [-0.1, -0.05) is 25.1 Å². The molecule has 1 atom stereocenters. The normalized spacial score (nSPS) is 31.8. The summed E-state index contributed by atoms with van der Waals surface area (Å²) in [6.07, 6.45) is 7.54. The summed E-state index contributed by atoms with van der Waals surface area (Å²) in [6, 6.07) is 7.78. The Hall–Kier alpha value is -1.57. The third kappa shape index (κ3) is 3.86. The van der Waals surface area contributed by atoms with Gasteiger partial charge in [0.1, 0.15) is 12.4 Å². The minimum atomic E-state index is -0.176. The van der Waals surface area contributed by atoms with Crippen molar-refractivity contribution in [1.82, 2.24) is 10.6 Å². The Labute approximate surface area is 173 Å². The number of carbonyl (C=O) groups excluding carboxylic acids is 2. The molecular formula is C21H25IN2O3. The summed E-state index contributed by atoms with van der Waals surface area (Å²) in [6.45, 7) is 2.54. The van der Waals surface area contributed by atoms with Crippen LogP contribution in [0.1, 0.15) is 51.0 Å². The summed E-state index contributed by atoms with van der Waals surface area (Å²) in [4.78, 5) is 24.7. The molecule has 1 aliphatic heterocycles. The van der Waals surface area contributed by atoms with Crippen molar-refractivity contribution in [2.45, 2.75) is 56.5 Å². The molecule has 1 aromatic rings. The fourth-order valence-electron chi connectivity index (χ4n) is 5.15. The summed E-state index contributed by atoms with van der Waals surface area (Å²) in [7, 11) is 0. The first-order chi connectivity index (χ1) is 12.9. The average molecular weight is 480 g/mol. The van der Waals surface area contributed by atoms with Gasteiger partial charge >= 0.3 is 0 Å². The van der Waals surface area contributed by atoms with E-state index < -0.39 is 0 Å². The fraction of sp³-hybridized carbons (Fsp3) is 0.524. The van der Waals surface area contributed by atoms with E-state index in [1.165, 1.54) is 0 Å². The first-order valence-corrected chi connectivity index (χ1v) is 10.7. The van der Waals surface area contributed by atoms with Crippen LogP contribution in [0.5, 0.6) is 5.75 Å². The van der Waals surface area contributed by atoms with Gasteiger partial charge in [-0.3, -0.25) is 9.59 Å². The molecule has 4 aliphatic rings. The SMILES string of the molecule is CC1CC2(NC(=O)I)CCC(NC(=O)C3=Cc4ccccc4OC3)(CC2)C1. The molecule has 6 heteroatoms. The molecule has 0 spiro atoms. The van der Waals surface area contributed by atoms with Crippen LogP contribution in [-0.4, -0.2) is 27.5 Å². The van der Waals surface area contributed by atoms with Crippen molar-refractivity contribution in [2.75, 3.05) is 6.61 Å². The van der Waals surface area contributed by atoms with Crippen molar-refractivity contribution >= 4 is 38.5 Å². The quantitative estimate of drug-likeness (QED) is 0.387. The molecule has 2 bridgehead atoms. The van der Waals surface area contributed by atoms with Gasteiger partial charge in [-0.2, -0.15) is 0 Å². The molecule has 1 unspecified atom stereocenters. The van der Waals surface area contributed by atoms with E-state index in [-0.39, 0.29) is 20.9 Å². The highest BCUT2D eigenvalue weighted by Crippen LogP contribution is 2.47. The number of ether oxygens (including phenoxy) is 1. The molecule has 5 nitrogen and oxygen atoms in total. The number of amides is 2. The Kier molecular flexibility index (Phi) is 4.94. The molecule has 144 valence electrons. The van der Waals surface area contributed by atoms with Gasteiger partial charge < -0.3 is 15.4 Å². The topological polar surface area (TPSA) is 67.4 Å². The summed E-state index contributed by atoms with van der Waals surface area (Å²) in [5.41, 5.74) is 1.35. The lowest BCUT2D eigenvalue weighted by Gasteiger charge is -2.43. The van der Waals surface area contributed by atoms with Gasteiger partial charge in [-0.15, -0.1) is 0 Å². The van der Waals surface area contributed by atoms with E-state index in [0.29, 0.717) is 18.1 Å². The van der Waals surface area contributed by atoms with E-state index in [4.69, 9.17) is 4.74 Å². The fourth-order valence-corrected chi connectivity index (χ4v) is 5.72.